The van der Waals surface area contributed by atoms with Crippen molar-refractivity contribution in [3.63, 3.8) is 0 Å². The minimum Gasteiger partial charge on any atom is -0.484 e. The van der Waals surface area contributed by atoms with Crippen LogP contribution in [0.15, 0.2) is 47.1 Å². The van der Waals surface area contributed by atoms with Gasteiger partial charge in [0.15, 0.2) is 6.61 Å². The largest absolute Gasteiger partial charge is 0.484 e. The standard InChI is InChI=1S/C16H15N3O2/c1-11-7-12(2)9-13(8-11)20-10-15-18-16(19-21-15)14-5-3-4-6-17-14/h3-9H,10H2,1-2H3. The zero-order chi connectivity index (χ0) is 14.7. The van der Waals surface area contributed by atoms with E-state index in [4.69, 9.17) is 9.26 Å². The highest BCUT2D eigenvalue weighted by molar-refractivity contribution is 5.47. The molecule has 0 amide bonds. The van der Waals surface area contributed by atoms with E-state index in [0.717, 1.165) is 16.9 Å². The summed E-state index contributed by atoms with van der Waals surface area (Å²) in [4.78, 5) is 8.45. The molecule has 0 atom stereocenters. The van der Waals surface area contributed by atoms with Gasteiger partial charge in [0, 0.05) is 6.20 Å². The summed E-state index contributed by atoms with van der Waals surface area (Å²) in [6, 6.07) is 11.6. The molecule has 2 aromatic heterocycles. The van der Waals surface area contributed by atoms with Crippen LogP contribution in [0.1, 0.15) is 17.0 Å². The summed E-state index contributed by atoms with van der Waals surface area (Å²) in [6.45, 7) is 4.31. The van der Waals surface area contributed by atoms with Gasteiger partial charge in [-0.1, -0.05) is 17.3 Å². The number of nitrogens with zero attached hydrogens (tertiary/aromatic N) is 3. The summed E-state index contributed by atoms with van der Waals surface area (Å²) < 4.78 is 10.9. The smallest absolute Gasteiger partial charge is 0.264 e. The molecule has 0 unspecified atom stereocenters. The van der Waals surface area contributed by atoms with Crippen molar-refractivity contribution >= 4 is 0 Å². The number of benzene rings is 1. The van der Waals surface area contributed by atoms with Crippen molar-refractivity contribution in [1.82, 2.24) is 15.1 Å². The van der Waals surface area contributed by atoms with Crippen molar-refractivity contribution in [3.8, 4) is 17.3 Å². The van der Waals surface area contributed by atoms with E-state index in [0.29, 0.717) is 17.4 Å². The van der Waals surface area contributed by atoms with Gasteiger partial charge in [-0.25, -0.2) is 0 Å². The summed E-state index contributed by atoms with van der Waals surface area (Å²) in [5.74, 6) is 1.69. The number of rotatable bonds is 4. The van der Waals surface area contributed by atoms with Crippen LogP contribution in [0.3, 0.4) is 0 Å². The van der Waals surface area contributed by atoms with Gasteiger partial charge in [-0.3, -0.25) is 4.98 Å². The molecule has 0 fully saturated rings. The van der Waals surface area contributed by atoms with Crippen molar-refractivity contribution in [3.05, 3.63) is 59.6 Å². The maximum Gasteiger partial charge on any atom is 0.264 e. The van der Waals surface area contributed by atoms with Gasteiger partial charge in [0.05, 0.1) is 0 Å². The summed E-state index contributed by atoms with van der Waals surface area (Å²) in [5, 5.41) is 3.91. The lowest BCUT2D eigenvalue weighted by atomic mass is 10.1. The van der Waals surface area contributed by atoms with Gasteiger partial charge in [0.25, 0.3) is 5.89 Å². The molecule has 0 spiro atoms. The maximum absolute atomic E-state index is 5.69. The topological polar surface area (TPSA) is 61.0 Å². The third-order valence-electron chi connectivity index (χ3n) is 2.92. The van der Waals surface area contributed by atoms with Gasteiger partial charge in [-0.15, -0.1) is 0 Å². The van der Waals surface area contributed by atoms with Gasteiger partial charge in [0.1, 0.15) is 11.4 Å². The fraction of sp³-hybridized carbons (Fsp3) is 0.188. The fourth-order valence-corrected chi connectivity index (χ4v) is 2.07. The SMILES string of the molecule is Cc1cc(C)cc(OCc2nc(-c3ccccn3)no2)c1. The highest BCUT2D eigenvalue weighted by Gasteiger charge is 2.10. The molecule has 3 rings (SSSR count). The zero-order valence-electron chi connectivity index (χ0n) is 11.9. The number of hydrogen-bond acceptors (Lipinski definition) is 5. The number of hydrogen-bond donors (Lipinski definition) is 0. The molecule has 0 saturated heterocycles. The predicted octanol–water partition coefficient (Wildman–Crippen LogP) is 3.33. The predicted molar refractivity (Wildman–Crippen MR) is 77.8 cm³/mol. The fourth-order valence-electron chi connectivity index (χ4n) is 2.07. The molecule has 0 bridgehead atoms. The molecular formula is C16H15N3O2. The molecule has 5 nitrogen and oxygen atoms in total. The van der Waals surface area contributed by atoms with E-state index < -0.39 is 0 Å². The molecule has 21 heavy (non-hydrogen) atoms. The van der Waals surface area contributed by atoms with Gasteiger partial charge in [-0.05, 0) is 49.2 Å². The van der Waals surface area contributed by atoms with Gasteiger partial charge < -0.3 is 9.26 Å². The van der Waals surface area contributed by atoms with Crippen LogP contribution in [0, 0.1) is 13.8 Å². The first-order valence-electron chi connectivity index (χ1n) is 6.66. The minimum atomic E-state index is 0.239. The highest BCUT2D eigenvalue weighted by atomic mass is 16.5. The van der Waals surface area contributed by atoms with Crippen molar-refractivity contribution in [2.45, 2.75) is 20.5 Å². The Labute approximate surface area is 122 Å². The molecule has 5 heteroatoms. The van der Waals surface area contributed by atoms with Crippen LogP contribution in [0.5, 0.6) is 5.75 Å². The average molecular weight is 281 g/mol. The molecule has 106 valence electrons. The molecular weight excluding hydrogens is 266 g/mol. The third-order valence-corrected chi connectivity index (χ3v) is 2.92. The first-order valence-corrected chi connectivity index (χ1v) is 6.66. The van der Waals surface area contributed by atoms with Gasteiger partial charge >= 0.3 is 0 Å². The summed E-state index contributed by atoms with van der Waals surface area (Å²) in [7, 11) is 0. The second-order valence-electron chi connectivity index (χ2n) is 4.84. The minimum absolute atomic E-state index is 0.239. The Bertz CT molecular complexity index is 718. The maximum atomic E-state index is 5.69. The molecule has 0 aliphatic heterocycles. The number of aromatic nitrogens is 3. The van der Waals surface area contributed by atoms with E-state index in [2.05, 4.69) is 21.2 Å². The van der Waals surface area contributed by atoms with Crippen molar-refractivity contribution < 1.29 is 9.26 Å². The number of ether oxygens (including phenoxy) is 1. The van der Waals surface area contributed by atoms with Crippen molar-refractivity contribution in [2.24, 2.45) is 0 Å². The quantitative estimate of drug-likeness (QED) is 0.734. The van der Waals surface area contributed by atoms with E-state index in [1.165, 1.54) is 0 Å². The normalized spacial score (nSPS) is 10.6. The van der Waals surface area contributed by atoms with E-state index in [1.807, 2.05) is 44.2 Å². The van der Waals surface area contributed by atoms with Crippen LogP contribution in [-0.4, -0.2) is 15.1 Å². The van der Waals surface area contributed by atoms with Crippen molar-refractivity contribution in [2.75, 3.05) is 0 Å². The van der Waals surface area contributed by atoms with Crippen LogP contribution in [0.2, 0.25) is 0 Å². The second kappa shape index (κ2) is 5.75. The first kappa shape index (κ1) is 13.3. The second-order valence-corrected chi connectivity index (χ2v) is 4.84. The molecule has 0 aliphatic rings. The van der Waals surface area contributed by atoms with Gasteiger partial charge in [-0.2, -0.15) is 4.98 Å². The zero-order valence-corrected chi connectivity index (χ0v) is 11.9. The highest BCUT2D eigenvalue weighted by Crippen LogP contribution is 2.18. The summed E-state index contributed by atoms with van der Waals surface area (Å²) in [6.07, 6.45) is 1.69. The Kier molecular flexibility index (Phi) is 3.64. The summed E-state index contributed by atoms with van der Waals surface area (Å²) in [5.41, 5.74) is 2.99. The lowest BCUT2D eigenvalue weighted by Gasteiger charge is -2.05. The lowest BCUT2D eigenvalue weighted by Crippen LogP contribution is -1.96. The van der Waals surface area contributed by atoms with E-state index in [9.17, 15) is 0 Å². The molecule has 1 aromatic carbocycles. The number of aryl methyl sites for hydroxylation is 2. The third kappa shape index (κ3) is 3.25. The first-order chi connectivity index (χ1) is 10.2. The Morgan fingerprint density at radius 1 is 1.10 bits per heavy atom. The van der Waals surface area contributed by atoms with E-state index >= 15 is 0 Å². The number of pyridine rings is 1. The monoisotopic (exact) mass is 281 g/mol. The molecule has 0 saturated carbocycles. The van der Waals surface area contributed by atoms with Crippen LogP contribution < -0.4 is 4.74 Å². The Balaban J connectivity index is 1.70. The van der Waals surface area contributed by atoms with Gasteiger partial charge in [0.2, 0.25) is 5.82 Å². The molecule has 0 aliphatic carbocycles. The van der Waals surface area contributed by atoms with E-state index in [-0.39, 0.29) is 6.61 Å². The Morgan fingerprint density at radius 3 is 2.62 bits per heavy atom. The average Bonchev–Trinajstić information content (AvgIpc) is 2.94. The van der Waals surface area contributed by atoms with Crippen LogP contribution in [0.25, 0.3) is 11.5 Å². The molecule has 0 radical (unpaired) electrons. The molecule has 2 heterocycles. The Hall–Kier alpha value is -2.69. The van der Waals surface area contributed by atoms with E-state index in [1.54, 1.807) is 6.20 Å². The van der Waals surface area contributed by atoms with Crippen molar-refractivity contribution in [1.29, 1.82) is 0 Å². The molecule has 0 N–H and O–H groups in total. The van der Waals surface area contributed by atoms with Crippen LogP contribution in [0.4, 0.5) is 0 Å². The van der Waals surface area contributed by atoms with Crippen LogP contribution >= 0.6 is 0 Å². The summed E-state index contributed by atoms with van der Waals surface area (Å²) >= 11 is 0. The Morgan fingerprint density at radius 2 is 1.90 bits per heavy atom. The van der Waals surface area contributed by atoms with Crippen LogP contribution in [-0.2, 0) is 6.61 Å². The lowest BCUT2D eigenvalue weighted by molar-refractivity contribution is 0.242. The molecule has 3 aromatic rings.